The van der Waals surface area contributed by atoms with Crippen LogP contribution in [0, 0.1) is 23.3 Å². The molecule has 4 aromatic rings. The molecule has 2 saturated carbocycles. The first kappa shape index (κ1) is 36.7. The van der Waals surface area contributed by atoms with Gasteiger partial charge < -0.3 is 28.4 Å². The third-order valence-electron chi connectivity index (χ3n) is 9.61. The summed E-state index contributed by atoms with van der Waals surface area (Å²) in [7, 11) is 0. The molecule has 4 aromatic carbocycles. The van der Waals surface area contributed by atoms with Gasteiger partial charge in [0.05, 0.1) is 22.3 Å². The molecule has 3 aliphatic rings. The number of ether oxygens (including phenoxy) is 6. The molecule has 0 aromatic heterocycles. The van der Waals surface area contributed by atoms with Gasteiger partial charge in [0.15, 0.2) is 30.2 Å². The Morgan fingerprint density at radius 2 is 0.722 bits per heavy atom. The quantitative estimate of drug-likeness (QED) is 0.107. The van der Waals surface area contributed by atoms with E-state index in [1.54, 1.807) is 0 Å². The number of carbonyl (C=O) groups excluding carboxylic acids is 4. The van der Waals surface area contributed by atoms with Gasteiger partial charge in [-0.15, -0.1) is 0 Å². The van der Waals surface area contributed by atoms with Gasteiger partial charge in [-0.3, -0.25) is 0 Å². The lowest BCUT2D eigenvalue weighted by atomic mass is 9.84. The van der Waals surface area contributed by atoms with E-state index in [4.69, 9.17) is 28.4 Å². The predicted molar refractivity (Wildman–Crippen MR) is 178 cm³/mol. The van der Waals surface area contributed by atoms with Crippen molar-refractivity contribution < 1.29 is 65.2 Å². The summed E-state index contributed by atoms with van der Waals surface area (Å²) in [5.74, 6) is -10.4. The number of rotatable bonds is 8. The smallest absolute Gasteiger partial charge is 0.341 e. The lowest BCUT2D eigenvalue weighted by molar-refractivity contribution is -0.203. The molecule has 0 amide bonds. The molecule has 3 fully saturated rings. The number of benzene rings is 4. The van der Waals surface area contributed by atoms with E-state index in [1.807, 2.05) is 0 Å². The maximum atomic E-state index is 15.0. The van der Waals surface area contributed by atoms with Crippen LogP contribution in [0.2, 0.25) is 0 Å². The summed E-state index contributed by atoms with van der Waals surface area (Å²) in [4.78, 5) is 54.8. The van der Waals surface area contributed by atoms with E-state index in [9.17, 15) is 36.7 Å². The number of esters is 4. The molecular weight excluding hydrogens is 716 g/mol. The van der Waals surface area contributed by atoms with E-state index in [1.165, 1.54) is 48.5 Å². The minimum atomic E-state index is -2.01. The van der Waals surface area contributed by atoms with Crippen molar-refractivity contribution in [3.63, 3.8) is 0 Å². The molecule has 54 heavy (non-hydrogen) atoms. The number of halogens is 4. The van der Waals surface area contributed by atoms with Gasteiger partial charge in [-0.05, 0) is 61.4 Å². The van der Waals surface area contributed by atoms with Crippen LogP contribution in [0.1, 0.15) is 73.5 Å². The van der Waals surface area contributed by atoms with Gasteiger partial charge in [0.1, 0.15) is 35.5 Å². The van der Waals surface area contributed by atoms with E-state index < -0.39 is 112 Å². The first-order valence-corrected chi connectivity index (χ1v) is 17.2. The highest BCUT2D eigenvalue weighted by molar-refractivity contribution is 5.92. The number of carbonyl (C=O) groups is 4. The predicted octanol–water partition coefficient (Wildman–Crippen LogP) is 6.90. The third kappa shape index (κ3) is 7.31. The van der Waals surface area contributed by atoms with Crippen LogP contribution in [-0.2, 0) is 28.4 Å². The highest BCUT2D eigenvalue weighted by Crippen LogP contribution is 2.48. The molecule has 14 heteroatoms. The standard InChI is InChI=1S/C40H32F4O10/c41-26-16-6-2-12-22(26)36(45)49-30-31(50-37(46)23-13-3-7-17-27(23)42)33(52-39(48)25-15-5-9-19-29(25)44)35-34(53-40(54-35)20-10-1-11-21-40)32(30)51-38(47)24-14-4-8-18-28(24)43/h2-9,12-19,30-35H,1,10-11,20-21H2/t30-,31+,32+,33-,34-,35+. The Labute approximate surface area is 305 Å². The third-order valence-corrected chi connectivity index (χ3v) is 9.61. The molecule has 1 spiro atoms. The van der Waals surface area contributed by atoms with Crippen molar-refractivity contribution in [2.45, 2.75) is 74.5 Å². The molecule has 0 radical (unpaired) electrons. The van der Waals surface area contributed by atoms with E-state index in [0.717, 1.165) is 55.0 Å². The number of hydrogen-bond donors (Lipinski definition) is 0. The Hall–Kier alpha value is -5.60. The topological polar surface area (TPSA) is 124 Å². The summed E-state index contributed by atoms with van der Waals surface area (Å²) < 4.78 is 96.1. The SMILES string of the molecule is O=C(O[C@@H]1[C@H](OC(=O)c2ccccc2F)[C@@H](OC(=O)c2ccccc2F)[C@@H]2OC3(CCCCC3)O[C@@H]2[C@H]1OC(=O)c1ccccc1F)c1ccccc1F. The van der Waals surface area contributed by atoms with Crippen molar-refractivity contribution in [1.29, 1.82) is 0 Å². The number of fused-ring (bicyclic) bond motifs is 1. The lowest BCUT2D eigenvalue weighted by Gasteiger charge is -2.44. The maximum Gasteiger partial charge on any atom is 0.341 e. The normalized spacial score (nSPS) is 24.2. The van der Waals surface area contributed by atoms with Crippen molar-refractivity contribution in [1.82, 2.24) is 0 Å². The molecule has 2 aliphatic carbocycles. The van der Waals surface area contributed by atoms with Gasteiger partial charge in [-0.25, -0.2) is 36.7 Å². The minimum Gasteiger partial charge on any atom is -0.452 e. The second kappa shape index (κ2) is 15.4. The highest BCUT2D eigenvalue weighted by atomic mass is 19.1. The summed E-state index contributed by atoms with van der Waals surface area (Å²) in [6, 6.07) is 19.3. The summed E-state index contributed by atoms with van der Waals surface area (Å²) in [6.45, 7) is 0. The van der Waals surface area contributed by atoms with Crippen LogP contribution in [0.4, 0.5) is 17.6 Å². The second-order valence-corrected chi connectivity index (χ2v) is 13.0. The fraction of sp³-hybridized carbons (Fsp3) is 0.300. The van der Waals surface area contributed by atoms with E-state index in [-0.39, 0.29) is 0 Å². The van der Waals surface area contributed by atoms with Crippen LogP contribution in [0.25, 0.3) is 0 Å². The summed E-state index contributed by atoms with van der Waals surface area (Å²) in [5.41, 5.74) is -2.20. The molecule has 1 heterocycles. The zero-order valence-corrected chi connectivity index (χ0v) is 28.3. The van der Waals surface area contributed by atoms with Gasteiger partial charge >= 0.3 is 23.9 Å². The van der Waals surface area contributed by atoms with Crippen molar-refractivity contribution >= 4 is 23.9 Å². The Morgan fingerprint density at radius 1 is 0.444 bits per heavy atom. The van der Waals surface area contributed by atoms with Gasteiger partial charge in [0.2, 0.25) is 0 Å². The zero-order chi connectivity index (χ0) is 38.0. The zero-order valence-electron chi connectivity index (χ0n) is 28.3. The van der Waals surface area contributed by atoms with Crippen LogP contribution in [0.15, 0.2) is 97.1 Å². The Bertz CT molecular complexity index is 1930. The second-order valence-electron chi connectivity index (χ2n) is 13.0. The van der Waals surface area contributed by atoms with Crippen molar-refractivity contribution in [2.24, 2.45) is 0 Å². The van der Waals surface area contributed by atoms with Gasteiger partial charge in [-0.1, -0.05) is 55.0 Å². The van der Waals surface area contributed by atoms with Crippen molar-refractivity contribution in [3.05, 3.63) is 143 Å². The van der Waals surface area contributed by atoms with Crippen LogP contribution in [-0.4, -0.2) is 66.3 Å². The van der Waals surface area contributed by atoms with Gasteiger partial charge in [0, 0.05) is 12.8 Å². The first-order valence-electron chi connectivity index (χ1n) is 17.2. The molecule has 1 aliphatic heterocycles. The van der Waals surface area contributed by atoms with Crippen LogP contribution >= 0.6 is 0 Å². The van der Waals surface area contributed by atoms with E-state index >= 15 is 0 Å². The first-order chi connectivity index (χ1) is 26.0. The molecule has 7 rings (SSSR count). The van der Waals surface area contributed by atoms with Crippen LogP contribution < -0.4 is 0 Å². The Balaban J connectivity index is 1.37. The lowest BCUT2D eigenvalue weighted by Crippen LogP contribution is -2.66. The van der Waals surface area contributed by atoms with E-state index in [2.05, 4.69) is 0 Å². The highest BCUT2D eigenvalue weighted by Gasteiger charge is 2.65. The van der Waals surface area contributed by atoms with Crippen LogP contribution in [0.5, 0.6) is 0 Å². The molecule has 6 atom stereocenters. The van der Waals surface area contributed by atoms with Crippen molar-refractivity contribution in [3.8, 4) is 0 Å². The molecular formula is C40H32F4O10. The van der Waals surface area contributed by atoms with Crippen molar-refractivity contribution in [2.75, 3.05) is 0 Å². The summed E-state index contributed by atoms with van der Waals surface area (Å²) in [5, 5.41) is 0. The average molecular weight is 749 g/mol. The molecule has 0 N–H and O–H groups in total. The largest absolute Gasteiger partial charge is 0.452 e. The Kier molecular flexibility index (Phi) is 10.5. The molecule has 10 nitrogen and oxygen atoms in total. The summed E-state index contributed by atoms with van der Waals surface area (Å²) >= 11 is 0. The Morgan fingerprint density at radius 3 is 1.02 bits per heavy atom. The summed E-state index contributed by atoms with van der Waals surface area (Å²) in [6.07, 6.45) is -7.81. The monoisotopic (exact) mass is 748 g/mol. The fourth-order valence-corrected chi connectivity index (χ4v) is 7.03. The maximum absolute atomic E-state index is 15.0. The average Bonchev–Trinajstić information content (AvgIpc) is 3.53. The van der Waals surface area contributed by atoms with Crippen LogP contribution in [0.3, 0.4) is 0 Å². The molecule has 0 unspecified atom stereocenters. The van der Waals surface area contributed by atoms with E-state index in [0.29, 0.717) is 25.7 Å². The minimum absolute atomic E-state index is 0.321. The molecule has 280 valence electrons. The van der Waals surface area contributed by atoms with Gasteiger partial charge in [-0.2, -0.15) is 0 Å². The fourth-order valence-electron chi connectivity index (χ4n) is 7.03. The molecule has 0 bridgehead atoms. The molecule has 1 saturated heterocycles. The van der Waals surface area contributed by atoms with Gasteiger partial charge in [0.25, 0.3) is 0 Å². The number of hydrogen-bond acceptors (Lipinski definition) is 10.